The summed E-state index contributed by atoms with van der Waals surface area (Å²) < 4.78 is 0. The first kappa shape index (κ1) is 23.5. The summed E-state index contributed by atoms with van der Waals surface area (Å²) in [5, 5.41) is 17.9. The van der Waals surface area contributed by atoms with Gasteiger partial charge in [0.15, 0.2) is 17.5 Å². The molecule has 6 nitrogen and oxygen atoms in total. The average molecular weight is 515 g/mol. The van der Waals surface area contributed by atoms with Gasteiger partial charge in [-0.25, -0.2) is 19.9 Å². The molecule has 2 heterocycles. The highest BCUT2D eigenvalue weighted by Crippen LogP contribution is 2.35. The molecular weight excluding hydrogens is 492 g/mol. The molecule has 0 radical (unpaired) electrons. The summed E-state index contributed by atoms with van der Waals surface area (Å²) in [5.41, 5.74) is 6.98. The van der Waals surface area contributed by atoms with Crippen LogP contribution in [0.15, 0.2) is 115 Å². The molecule has 2 N–H and O–H groups in total. The van der Waals surface area contributed by atoms with Crippen LogP contribution >= 0.6 is 0 Å². The van der Waals surface area contributed by atoms with E-state index in [1.807, 2.05) is 115 Å². The molecule has 0 aliphatic heterocycles. The summed E-state index contributed by atoms with van der Waals surface area (Å²) in [7, 11) is 0. The molecule has 2 aromatic heterocycles. The van der Waals surface area contributed by atoms with Gasteiger partial charge in [-0.1, -0.05) is 103 Å². The van der Waals surface area contributed by atoms with Crippen LogP contribution in [0, 0.1) is 10.8 Å². The average Bonchev–Trinajstić information content (AvgIpc) is 3.03. The standard InChI is InChI=1S/C34H22N6/c35-27-19-18-26-29(30(27)36)25-17-16-24(20-28(25)37-31(26)21-10-4-1-5-11-21)34-39-32(22-12-6-2-7-13-22)38-33(40-34)23-14-8-3-9-15-23/h1-20,35-36H. The van der Waals surface area contributed by atoms with Crippen molar-refractivity contribution in [2.75, 3.05) is 0 Å². The third-order valence-electron chi connectivity index (χ3n) is 6.96. The molecule has 0 spiro atoms. The van der Waals surface area contributed by atoms with Crippen LogP contribution in [0.4, 0.5) is 0 Å². The lowest BCUT2D eigenvalue weighted by Gasteiger charge is -2.19. The van der Waals surface area contributed by atoms with E-state index in [-0.39, 0.29) is 11.4 Å². The number of hydrogen-bond donors (Lipinski definition) is 2. The minimum Gasteiger partial charge on any atom is -0.299 e. The number of nitrogens with zero attached hydrogens (tertiary/aromatic N) is 4. The molecule has 6 heteroatoms. The maximum atomic E-state index is 8.75. The van der Waals surface area contributed by atoms with Crippen LogP contribution in [0.2, 0.25) is 0 Å². The molecular formula is C34H22N6. The van der Waals surface area contributed by atoms with E-state index in [2.05, 4.69) is 0 Å². The molecule has 0 saturated carbocycles. The van der Waals surface area contributed by atoms with E-state index in [4.69, 9.17) is 30.8 Å². The predicted molar refractivity (Wildman–Crippen MR) is 160 cm³/mol. The zero-order valence-electron chi connectivity index (χ0n) is 21.3. The Hall–Kier alpha value is -5.62. The maximum absolute atomic E-state index is 8.75. The third kappa shape index (κ3) is 4.08. The number of benzene rings is 4. The van der Waals surface area contributed by atoms with Crippen LogP contribution in [0.5, 0.6) is 0 Å². The van der Waals surface area contributed by atoms with Gasteiger partial charge < -0.3 is 0 Å². The van der Waals surface area contributed by atoms with E-state index in [9.17, 15) is 0 Å². The SMILES string of the molecule is N=C1C=Cc2c(-c3ccccc3)nc3cc(-c4nc(-c5ccccc5)nc(-c5ccccc5)n4)ccc3c2C1=N. The van der Waals surface area contributed by atoms with Gasteiger partial charge >= 0.3 is 0 Å². The van der Waals surface area contributed by atoms with Crippen molar-refractivity contribution in [3.05, 3.63) is 126 Å². The fraction of sp³-hybridized carbons (Fsp3) is 0. The fourth-order valence-electron chi connectivity index (χ4n) is 4.99. The Labute approximate surface area is 230 Å². The Morgan fingerprint density at radius 2 is 1.00 bits per heavy atom. The number of hydrogen-bond acceptors (Lipinski definition) is 6. The number of nitrogens with one attached hydrogen (secondary N) is 2. The first-order valence-corrected chi connectivity index (χ1v) is 12.9. The Bertz CT molecular complexity index is 1910. The van der Waals surface area contributed by atoms with E-state index < -0.39 is 0 Å². The summed E-state index contributed by atoms with van der Waals surface area (Å²) >= 11 is 0. The minimum absolute atomic E-state index is 0.181. The van der Waals surface area contributed by atoms with Gasteiger partial charge in [0.25, 0.3) is 0 Å². The largest absolute Gasteiger partial charge is 0.299 e. The van der Waals surface area contributed by atoms with Gasteiger partial charge in [0.05, 0.1) is 22.6 Å². The van der Waals surface area contributed by atoms with Crippen molar-refractivity contribution in [1.29, 1.82) is 10.8 Å². The summed E-state index contributed by atoms with van der Waals surface area (Å²) in [6.07, 6.45) is 3.56. The van der Waals surface area contributed by atoms with Crippen molar-refractivity contribution in [2.24, 2.45) is 0 Å². The van der Waals surface area contributed by atoms with E-state index >= 15 is 0 Å². The molecule has 188 valence electrons. The number of pyridine rings is 1. The molecule has 40 heavy (non-hydrogen) atoms. The second kappa shape index (κ2) is 9.60. The lowest BCUT2D eigenvalue weighted by atomic mass is 9.88. The van der Waals surface area contributed by atoms with Crippen molar-refractivity contribution in [3.63, 3.8) is 0 Å². The van der Waals surface area contributed by atoms with Gasteiger partial charge in [-0.3, -0.25) is 10.8 Å². The fourth-order valence-corrected chi connectivity index (χ4v) is 4.99. The number of aromatic nitrogens is 4. The van der Waals surface area contributed by atoms with Crippen LogP contribution in [0.1, 0.15) is 11.1 Å². The normalized spacial score (nSPS) is 12.5. The summed E-state index contributed by atoms with van der Waals surface area (Å²) in [5.74, 6) is 1.72. The zero-order chi connectivity index (χ0) is 27.1. The Morgan fingerprint density at radius 1 is 0.475 bits per heavy atom. The monoisotopic (exact) mass is 514 g/mol. The second-order valence-electron chi connectivity index (χ2n) is 9.51. The van der Waals surface area contributed by atoms with Crippen LogP contribution in [0.3, 0.4) is 0 Å². The van der Waals surface area contributed by atoms with Gasteiger partial charge in [0.2, 0.25) is 0 Å². The molecule has 4 aromatic carbocycles. The maximum Gasteiger partial charge on any atom is 0.164 e. The van der Waals surface area contributed by atoms with Crippen molar-refractivity contribution in [1.82, 2.24) is 19.9 Å². The molecule has 0 bridgehead atoms. The molecule has 1 aliphatic carbocycles. The van der Waals surface area contributed by atoms with Gasteiger partial charge in [-0.2, -0.15) is 0 Å². The second-order valence-corrected chi connectivity index (χ2v) is 9.51. The molecule has 6 aromatic rings. The van der Waals surface area contributed by atoms with Crippen molar-refractivity contribution < 1.29 is 0 Å². The molecule has 0 fully saturated rings. The van der Waals surface area contributed by atoms with E-state index in [0.29, 0.717) is 28.6 Å². The summed E-state index contributed by atoms with van der Waals surface area (Å²) in [4.78, 5) is 19.6. The van der Waals surface area contributed by atoms with Gasteiger partial charge in [-0.15, -0.1) is 0 Å². The van der Waals surface area contributed by atoms with E-state index in [1.54, 1.807) is 6.08 Å². The van der Waals surface area contributed by atoms with Gasteiger partial charge in [0, 0.05) is 38.8 Å². The van der Waals surface area contributed by atoms with Crippen LogP contribution in [-0.4, -0.2) is 31.4 Å². The lowest BCUT2D eigenvalue weighted by Crippen LogP contribution is -2.17. The summed E-state index contributed by atoms with van der Waals surface area (Å²) in [6.45, 7) is 0. The number of rotatable bonds is 4. The highest BCUT2D eigenvalue weighted by Gasteiger charge is 2.23. The highest BCUT2D eigenvalue weighted by molar-refractivity contribution is 6.54. The molecule has 0 saturated heterocycles. The summed E-state index contributed by atoms with van der Waals surface area (Å²) in [6, 6.07) is 35.6. The molecule has 0 atom stereocenters. The Kier molecular flexibility index (Phi) is 5.64. The molecule has 0 unspecified atom stereocenters. The Morgan fingerprint density at radius 3 is 1.57 bits per heavy atom. The van der Waals surface area contributed by atoms with Crippen molar-refractivity contribution >= 4 is 28.4 Å². The third-order valence-corrected chi connectivity index (χ3v) is 6.96. The Balaban J connectivity index is 1.46. The molecule has 7 rings (SSSR count). The quantitative estimate of drug-likeness (QED) is 0.254. The lowest BCUT2D eigenvalue weighted by molar-refractivity contribution is 1.07. The van der Waals surface area contributed by atoms with Crippen LogP contribution < -0.4 is 0 Å². The highest BCUT2D eigenvalue weighted by atomic mass is 15.0. The first-order valence-electron chi connectivity index (χ1n) is 12.9. The zero-order valence-corrected chi connectivity index (χ0v) is 21.3. The van der Waals surface area contributed by atoms with E-state index in [0.717, 1.165) is 38.9 Å². The van der Waals surface area contributed by atoms with Gasteiger partial charge in [0.1, 0.15) is 0 Å². The topological polar surface area (TPSA) is 99.3 Å². The first-order chi connectivity index (χ1) is 19.7. The smallest absolute Gasteiger partial charge is 0.164 e. The van der Waals surface area contributed by atoms with Crippen LogP contribution in [0.25, 0.3) is 62.4 Å². The number of fused-ring (bicyclic) bond motifs is 3. The van der Waals surface area contributed by atoms with Gasteiger partial charge in [-0.05, 0) is 18.2 Å². The minimum atomic E-state index is 0.181. The van der Waals surface area contributed by atoms with Crippen molar-refractivity contribution in [2.45, 2.75) is 0 Å². The van der Waals surface area contributed by atoms with Crippen molar-refractivity contribution in [3.8, 4) is 45.4 Å². The van der Waals surface area contributed by atoms with E-state index in [1.165, 1.54) is 0 Å². The van der Waals surface area contributed by atoms with Crippen LogP contribution in [-0.2, 0) is 0 Å². The number of allylic oxidation sites excluding steroid dienone is 1. The molecule has 1 aliphatic rings. The predicted octanol–water partition coefficient (Wildman–Crippen LogP) is 7.50. The molecule has 0 amide bonds.